The normalized spacial score (nSPS) is 15.4. The molecule has 1 heterocycles. The lowest BCUT2D eigenvalue weighted by atomic mass is 9.89. The van der Waals surface area contributed by atoms with E-state index >= 15 is 0 Å². The predicted octanol–water partition coefficient (Wildman–Crippen LogP) is 6.09. The number of aliphatic hydroxyl groups is 1. The van der Waals surface area contributed by atoms with Gasteiger partial charge in [0.05, 0.1) is 17.7 Å². The van der Waals surface area contributed by atoms with Crippen molar-refractivity contribution in [3.05, 3.63) is 113 Å². The highest BCUT2D eigenvalue weighted by Crippen LogP contribution is 2.27. The highest BCUT2D eigenvalue weighted by Gasteiger charge is 2.25. The molecule has 0 amide bonds. The minimum absolute atomic E-state index is 0.191. The summed E-state index contributed by atoms with van der Waals surface area (Å²) < 4.78 is 5.15. The molecule has 0 spiro atoms. The zero-order valence-corrected chi connectivity index (χ0v) is 19.3. The number of cyclic esters (lactones) is 1. The summed E-state index contributed by atoms with van der Waals surface area (Å²) >= 11 is 0. The van der Waals surface area contributed by atoms with Gasteiger partial charge in [0.1, 0.15) is 6.61 Å². The molecular weight excluding hydrogens is 422 g/mol. The Morgan fingerprint density at radius 3 is 2.50 bits per heavy atom. The van der Waals surface area contributed by atoms with E-state index in [1.807, 2.05) is 42.5 Å². The lowest BCUT2D eigenvalue weighted by Crippen LogP contribution is -2.36. The summed E-state index contributed by atoms with van der Waals surface area (Å²) in [6, 6.07) is 30.6. The number of ether oxygens (including phenoxy) is 1. The van der Waals surface area contributed by atoms with Crippen LogP contribution in [0.5, 0.6) is 0 Å². The molecule has 4 heteroatoms. The van der Waals surface area contributed by atoms with Crippen LogP contribution >= 0.6 is 0 Å². The van der Waals surface area contributed by atoms with Crippen molar-refractivity contribution in [2.75, 3.05) is 5.32 Å². The van der Waals surface area contributed by atoms with E-state index < -0.39 is 6.10 Å². The summed E-state index contributed by atoms with van der Waals surface area (Å²) in [5.41, 5.74) is 4.78. The highest BCUT2D eigenvalue weighted by atomic mass is 16.5. The Hall–Kier alpha value is -3.63. The number of aliphatic hydroxyl groups excluding tert-OH is 1. The Morgan fingerprint density at radius 1 is 0.912 bits per heavy atom. The van der Waals surface area contributed by atoms with Crippen molar-refractivity contribution in [2.45, 2.75) is 44.4 Å². The summed E-state index contributed by atoms with van der Waals surface area (Å²) in [6.45, 7) is 2.45. The minimum atomic E-state index is -0.562. The lowest BCUT2D eigenvalue weighted by Gasteiger charge is -2.28. The van der Waals surface area contributed by atoms with Gasteiger partial charge in [0.25, 0.3) is 0 Å². The summed E-state index contributed by atoms with van der Waals surface area (Å²) in [4.78, 5) is 11.8. The van der Waals surface area contributed by atoms with Crippen molar-refractivity contribution in [3.63, 3.8) is 0 Å². The molecule has 2 N–H and O–H groups in total. The third-order valence-electron chi connectivity index (χ3n) is 6.73. The second-order valence-corrected chi connectivity index (χ2v) is 9.20. The van der Waals surface area contributed by atoms with E-state index in [2.05, 4.69) is 54.7 Å². The fraction of sp³-hybridized carbons (Fsp3) is 0.233. The van der Waals surface area contributed by atoms with Crippen molar-refractivity contribution in [3.8, 4) is 0 Å². The van der Waals surface area contributed by atoms with E-state index in [-0.39, 0.29) is 17.9 Å². The number of hydrogen-bond donors (Lipinski definition) is 2. The number of nitrogens with one attached hydrogen (secondary N) is 1. The first kappa shape index (κ1) is 22.2. The maximum absolute atomic E-state index is 11.8. The van der Waals surface area contributed by atoms with E-state index in [0.717, 1.165) is 11.3 Å². The zero-order chi connectivity index (χ0) is 23.5. The first-order chi connectivity index (χ1) is 16.6. The molecule has 5 rings (SSSR count). The first-order valence-corrected chi connectivity index (χ1v) is 11.8. The molecule has 0 aliphatic carbocycles. The fourth-order valence-electron chi connectivity index (χ4n) is 4.78. The Morgan fingerprint density at radius 2 is 1.68 bits per heavy atom. The van der Waals surface area contributed by atoms with Crippen molar-refractivity contribution in [1.29, 1.82) is 0 Å². The van der Waals surface area contributed by atoms with Gasteiger partial charge in [0.2, 0.25) is 0 Å². The van der Waals surface area contributed by atoms with Gasteiger partial charge in [-0.15, -0.1) is 0 Å². The Kier molecular flexibility index (Phi) is 6.33. The summed E-state index contributed by atoms with van der Waals surface area (Å²) in [5.74, 6) is -0.0471. The third kappa shape index (κ3) is 4.82. The topological polar surface area (TPSA) is 58.6 Å². The lowest BCUT2D eigenvalue weighted by molar-refractivity contribution is 0.0535. The molecule has 1 aliphatic rings. The predicted molar refractivity (Wildman–Crippen MR) is 136 cm³/mol. The Balaban J connectivity index is 1.39. The third-order valence-corrected chi connectivity index (χ3v) is 6.73. The molecule has 0 saturated heterocycles. The van der Waals surface area contributed by atoms with Gasteiger partial charge in [-0.25, -0.2) is 4.79 Å². The van der Waals surface area contributed by atoms with Gasteiger partial charge in [-0.05, 0) is 58.9 Å². The van der Waals surface area contributed by atoms with E-state index in [1.165, 1.54) is 21.9 Å². The van der Waals surface area contributed by atoms with E-state index in [4.69, 9.17) is 4.74 Å². The molecule has 3 atom stereocenters. The smallest absolute Gasteiger partial charge is 0.338 e. The molecule has 3 unspecified atom stereocenters. The van der Waals surface area contributed by atoms with Crippen molar-refractivity contribution in [1.82, 2.24) is 0 Å². The second kappa shape index (κ2) is 9.70. The van der Waals surface area contributed by atoms with Crippen molar-refractivity contribution < 1.29 is 14.6 Å². The van der Waals surface area contributed by atoms with Crippen molar-refractivity contribution >= 4 is 22.4 Å². The van der Waals surface area contributed by atoms with Crippen LogP contribution in [0.4, 0.5) is 5.69 Å². The average Bonchev–Trinajstić information content (AvgIpc) is 3.24. The molecule has 4 nitrogen and oxygen atoms in total. The summed E-state index contributed by atoms with van der Waals surface area (Å²) in [7, 11) is 0. The molecule has 0 fully saturated rings. The summed E-state index contributed by atoms with van der Waals surface area (Å²) in [6.07, 6.45) is 0.759. The Bertz CT molecular complexity index is 1300. The van der Waals surface area contributed by atoms with Crippen LogP contribution in [0.2, 0.25) is 0 Å². The average molecular weight is 452 g/mol. The second-order valence-electron chi connectivity index (χ2n) is 9.20. The molecule has 0 radical (unpaired) electrons. The van der Waals surface area contributed by atoms with Crippen LogP contribution in [-0.4, -0.2) is 23.2 Å². The van der Waals surface area contributed by atoms with Gasteiger partial charge in [-0.1, -0.05) is 79.7 Å². The quantitative estimate of drug-likeness (QED) is 0.318. The number of carbonyl (C=O) groups is 1. The molecule has 1 aliphatic heterocycles. The number of anilines is 1. The van der Waals surface area contributed by atoms with Crippen LogP contribution in [0.25, 0.3) is 10.8 Å². The standard InChI is InChI=1S/C30H29NO3/c1-20(22-7-3-2-4-8-22)15-29(32)28(17-21-11-12-23-9-5-6-10-24(23)16-21)31-26-13-14-27-25(18-26)19-34-30(27)33/h2-14,16,18,20,28-29,31-32H,15,17,19H2,1H3. The van der Waals surface area contributed by atoms with Gasteiger partial charge in [0.15, 0.2) is 0 Å². The number of carbonyl (C=O) groups excluding carboxylic acids is 1. The fourth-order valence-corrected chi connectivity index (χ4v) is 4.78. The summed E-state index contributed by atoms with van der Waals surface area (Å²) in [5, 5.41) is 17.3. The van der Waals surface area contributed by atoms with Gasteiger partial charge in [0, 0.05) is 11.3 Å². The molecule has 4 aromatic carbocycles. The van der Waals surface area contributed by atoms with Crippen LogP contribution in [0.15, 0.2) is 91.0 Å². The van der Waals surface area contributed by atoms with E-state index in [0.29, 0.717) is 25.0 Å². The number of fused-ring (bicyclic) bond motifs is 2. The van der Waals surface area contributed by atoms with Crippen LogP contribution in [-0.2, 0) is 17.8 Å². The molecule has 0 bridgehead atoms. The van der Waals surface area contributed by atoms with Crippen LogP contribution in [0, 0.1) is 0 Å². The molecule has 0 aromatic heterocycles. The van der Waals surface area contributed by atoms with Gasteiger partial charge in [-0.2, -0.15) is 0 Å². The molecule has 0 saturated carbocycles. The Labute approximate surface area is 200 Å². The largest absolute Gasteiger partial charge is 0.457 e. The number of benzene rings is 4. The zero-order valence-electron chi connectivity index (χ0n) is 19.3. The number of rotatable bonds is 8. The number of hydrogen-bond acceptors (Lipinski definition) is 4. The van der Waals surface area contributed by atoms with Gasteiger partial charge < -0.3 is 15.2 Å². The van der Waals surface area contributed by atoms with E-state index in [1.54, 1.807) is 6.07 Å². The van der Waals surface area contributed by atoms with Crippen molar-refractivity contribution in [2.24, 2.45) is 0 Å². The number of esters is 1. The van der Waals surface area contributed by atoms with E-state index in [9.17, 15) is 9.90 Å². The highest BCUT2D eigenvalue weighted by molar-refractivity contribution is 5.93. The van der Waals surface area contributed by atoms with Crippen LogP contribution < -0.4 is 5.32 Å². The molecule has 172 valence electrons. The molecule has 34 heavy (non-hydrogen) atoms. The molecular formula is C30H29NO3. The minimum Gasteiger partial charge on any atom is -0.457 e. The maximum atomic E-state index is 11.8. The van der Waals surface area contributed by atoms with Gasteiger partial charge in [-0.3, -0.25) is 0 Å². The van der Waals surface area contributed by atoms with Crippen LogP contribution in [0.1, 0.15) is 46.3 Å². The van der Waals surface area contributed by atoms with Crippen LogP contribution in [0.3, 0.4) is 0 Å². The SMILES string of the molecule is CC(CC(O)C(Cc1ccc2ccccc2c1)Nc1ccc2c(c1)COC2=O)c1ccccc1. The van der Waals surface area contributed by atoms with Gasteiger partial charge >= 0.3 is 5.97 Å². The maximum Gasteiger partial charge on any atom is 0.338 e. The monoisotopic (exact) mass is 451 g/mol. The first-order valence-electron chi connectivity index (χ1n) is 11.8. The molecule has 4 aromatic rings.